The van der Waals surface area contributed by atoms with Crippen LogP contribution in [0.3, 0.4) is 0 Å². The maximum absolute atomic E-state index is 14.4. The van der Waals surface area contributed by atoms with Crippen LogP contribution < -0.4 is 10.6 Å². The van der Waals surface area contributed by atoms with E-state index >= 15 is 0 Å². The molecule has 7 nitrogen and oxygen atoms in total. The van der Waals surface area contributed by atoms with Crippen LogP contribution in [0.25, 0.3) is 22.3 Å². The first kappa shape index (κ1) is 19.4. The summed E-state index contributed by atoms with van der Waals surface area (Å²) in [5.74, 6) is 0.00897. The Morgan fingerprint density at radius 2 is 2.31 bits per heavy atom. The molecule has 2 aromatic heterocycles. The topological polar surface area (TPSA) is 85.9 Å². The zero-order valence-electron chi connectivity index (χ0n) is 16.0. The Kier molecular flexibility index (Phi) is 5.53. The average Bonchev–Trinajstić information content (AvgIpc) is 3.13. The summed E-state index contributed by atoms with van der Waals surface area (Å²) in [6, 6.07) is 5.32. The van der Waals surface area contributed by atoms with Crippen molar-refractivity contribution in [3.63, 3.8) is 0 Å². The van der Waals surface area contributed by atoms with Gasteiger partial charge >= 0.3 is 6.03 Å². The number of hydrogen-bond donors (Lipinski definition) is 3. The number of urea groups is 1. The van der Waals surface area contributed by atoms with Gasteiger partial charge < -0.3 is 20.5 Å². The van der Waals surface area contributed by atoms with Crippen LogP contribution in [0.4, 0.5) is 15.0 Å². The molecule has 0 unspecified atom stereocenters. The number of aromatic amines is 1. The molecule has 152 valence electrons. The lowest BCUT2D eigenvalue weighted by molar-refractivity contribution is 0.183. The lowest BCUT2D eigenvalue weighted by Gasteiger charge is -2.33. The predicted molar refractivity (Wildman–Crippen MR) is 112 cm³/mol. The number of nitrogens with one attached hydrogen (secondary N) is 3. The Hall–Kier alpha value is -2.87. The Balaban J connectivity index is 1.57. The molecule has 0 radical (unpaired) electrons. The molecular formula is C20H22ClFN6O. The first-order chi connectivity index (χ1) is 14.0. The Bertz CT molecular complexity index is 1040. The lowest BCUT2D eigenvalue weighted by Crippen LogP contribution is -2.49. The molecule has 0 saturated carbocycles. The molecule has 3 N–H and O–H groups in total. The monoisotopic (exact) mass is 416 g/mol. The number of aromatic nitrogens is 3. The predicted octanol–water partition coefficient (Wildman–Crippen LogP) is 4.02. The molecule has 1 fully saturated rings. The number of anilines is 1. The maximum atomic E-state index is 14.4. The number of likely N-dealkylation sites (tertiary alicyclic amines) is 1. The van der Waals surface area contributed by atoms with Crippen molar-refractivity contribution in [3.05, 3.63) is 41.4 Å². The van der Waals surface area contributed by atoms with Gasteiger partial charge in [0.1, 0.15) is 0 Å². The third kappa shape index (κ3) is 4.12. The van der Waals surface area contributed by atoms with Gasteiger partial charge in [-0.3, -0.25) is 0 Å². The van der Waals surface area contributed by atoms with Crippen LogP contribution >= 0.6 is 11.6 Å². The molecule has 1 atom stereocenters. The average molecular weight is 417 g/mol. The van der Waals surface area contributed by atoms with E-state index in [0.29, 0.717) is 30.5 Å². The van der Waals surface area contributed by atoms with Crippen molar-refractivity contribution in [1.29, 1.82) is 0 Å². The van der Waals surface area contributed by atoms with Crippen molar-refractivity contribution < 1.29 is 9.18 Å². The molecule has 1 saturated heterocycles. The van der Waals surface area contributed by atoms with E-state index in [0.717, 1.165) is 29.3 Å². The fourth-order valence-electron chi connectivity index (χ4n) is 3.61. The van der Waals surface area contributed by atoms with Gasteiger partial charge in [-0.1, -0.05) is 11.6 Å². The molecule has 1 aliphatic rings. The van der Waals surface area contributed by atoms with Crippen molar-refractivity contribution >= 4 is 34.4 Å². The molecule has 29 heavy (non-hydrogen) atoms. The zero-order chi connectivity index (χ0) is 20.4. The lowest BCUT2D eigenvalue weighted by atomic mass is 10.1. The van der Waals surface area contributed by atoms with Gasteiger partial charge in [-0.25, -0.2) is 19.2 Å². The summed E-state index contributed by atoms with van der Waals surface area (Å²) in [6.45, 7) is 3.64. The van der Waals surface area contributed by atoms with E-state index in [1.54, 1.807) is 17.2 Å². The van der Waals surface area contributed by atoms with Gasteiger partial charge in [-0.05, 0) is 38.0 Å². The van der Waals surface area contributed by atoms with Crippen LogP contribution in [0.1, 0.15) is 19.8 Å². The van der Waals surface area contributed by atoms with Crippen LogP contribution in [-0.2, 0) is 0 Å². The van der Waals surface area contributed by atoms with E-state index < -0.39 is 5.82 Å². The highest BCUT2D eigenvalue weighted by Crippen LogP contribution is 2.29. The molecule has 0 bridgehead atoms. The number of halogens is 2. The van der Waals surface area contributed by atoms with E-state index in [1.165, 1.54) is 6.20 Å². The highest BCUT2D eigenvalue weighted by molar-refractivity contribution is 6.31. The van der Waals surface area contributed by atoms with Gasteiger partial charge in [-0.15, -0.1) is 0 Å². The fraction of sp³-hybridized carbons (Fsp3) is 0.350. The summed E-state index contributed by atoms with van der Waals surface area (Å²) in [4.78, 5) is 25.6. The molecule has 0 aliphatic carbocycles. The summed E-state index contributed by atoms with van der Waals surface area (Å²) in [6.07, 6.45) is 4.63. The van der Waals surface area contributed by atoms with Crippen molar-refractivity contribution in [3.8, 4) is 11.4 Å². The Morgan fingerprint density at radius 1 is 1.45 bits per heavy atom. The summed E-state index contributed by atoms with van der Waals surface area (Å²) in [5.41, 5.74) is 1.65. The van der Waals surface area contributed by atoms with Crippen molar-refractivity contribution in [2.75, 3.05) is 25.0 Å². The summed E-state index contributed by atoms with van der Waals surface area (Å²) in [5, 5.41) is 7.43. The van der Waals surface area contributed by atoms with E-state index in [1.807, 2.05) is 19.1 Å². The molecule has 9 heteroatoms. The van der Waals surface area contributed by atoms with E-state index in [4.69, 9.17) is 11.6 Å². The summed E-state index contributed by atoms with van der Waals surface area (Å²) in [7, 11) is 0. The second kappa shape index (κ2) is 8.24. The molecule has 3 aromatic rings. The standard InChI is InChI=1S/C20H22ClFN6O/c1-2-23-20(29)28-7-3-4-13(11-28)26-19-16(22)10-25-18(27-19)15-9-24-17-6-5-12(21)8-14(15)17/h5-6,8-10,13,24H,2-4,7,11H2,1H3,(H,23,29)(H,25,26,27)/t13-/m0/s1. The van der Waals surface area contributed by atoms with Gasteiger partial charge in [0.05, 0.1) is 6.20 Å². The van der Waals surface area contributed by atoms with Crippen molar-refractivity contribution in [2.45, 2.75) is 25.8 Å². The van der Waals surface area contributed by atoms with E-state index in [-0.39, 0.29) is 17.9 Å². The van der Waals surface area contributed by atoms with Crippen LogP contribution in [0.2, 0.25) is 5.02 Å². The largest absolute Gasteiger partial charge is 0.363 e. The number of fused-ring (bicyclic) bond motifs is 1. The number of piperidine rings is 1. The van der Waals surface area contributed by atoms with Gasteiger partial charge in [0.2, 0.25) is 0 Å². The normalized spacial score (nSPS) is 16.8. The number of H-pyrrole nitrogens is 1. The number of nitrogens with zero attached hydrogens (tertiary/aromatic N) is 3. The number of carbonyl (C=O) groups is 1. The summed E-state index contributed by atoms with van der Waals surface area (Å²) >= 11 is 6.12. The minimum Gasteiger partial charge on any atom is -0.363 e. The molecule has 1 aliphatic heterocycles. The number of hydrogen-bond acceptors (Lipinski definition) is 4. The van der Waals surface area contributed by atoms with Crippen molar-refractivity contribution in [2.24, 2.45) is 0 Å². The minimum absolute atomic E-state index is 0.0824. The quantitative estimate of drug-likeness (QED) is 0.599. The third-order valence-electron chi connectivity index (χ3n) is 5.01. The third-order valence-corrected chi connectivity index (χ3v) is 5.24. The second-order valence-corrected chi connectivity index (χ2v) is 7.48. The molecule has 0 spiro atoms. The van der Waals surface area contributed by atoms with Gasteiger partial charge in [0, 0.05) is 53.4 Å². The number of amides is 2. The van der Waals surface area contributed by atoms with E-state index in [9.17, 15) is 9.18 Å². The van der Waals surface area contributed by atoms with Crippen molar-refractivity contribution in [1.82, 2.24) is 25.2 Å². The zero-order valence-corrected chi connectivity index (χ0v) is 16.8. The fourth-order valence-corrected chi connectivity index (χ4v) is 3.78. The molecule has 1 aromatic carbocycles. The first-order valence-electron chi connectivity index (χ1n) is 9.64. The van der Waals surface area contributed by atoms with Crippen LogP contribution in [0.15, 0.2) is 30.6 Å². The molecule has 3 heterocycles. The first-order valence-corrected chi connectivity index (χ1v) is 10.0. The molecular weight excluding hydrogens is 395 g/mol. The minimum atomic E-state index is -0.526. The van der Waals surface area contributed by atoms with E-state index in [2.05, 4.69) is 25.6 Å². The second-order valence-electron chi connectivity index (χ2n) is 7.05. The highest BCUT2D eigenvalue weighted by Gasteiger charge is 2.24. The smallest absolute Gasteiger partial charge is 0.317 e. The van der Waals surface area contributed by atoms with Crippen LogP contribution in [-0.4, -0.2) is 51.6 Å². The van der Waals surface area contributed by atoms with Crippen LogP contribution in [0.5, 0.6) is 0 Å². The number of carbonyl (C=O) groups excluding carboxylic acids is 1. The molecule has 4 rings (SSSR count). The molecule has 2 amide bonds. The van der Waals surface area contributed by atoms with Gasteiger partial charge in [0.15, 0.2) is 17.5 Å². The Morgan fingerprint density at radius 3 is 3.14 bits per heavy atom. The summed E-state index contributed by atoms with van der Waals surface area (Å²) < 4.78 is 14.4. The van der Waals surface area contributed by atoms with Gasteiger partial charge in [0.25, 0.3) is 0 Å². The number of benzene rings is 1. The van der Waals surface area contributed by atoms with Gasteiger partial charge in [-0.2, -0.15) is 0 Å². The van der Waals surface area contributed by atoms with Crippen LogP contribution in [0, 0.1) is 5.82 Å². The number of rotatable bonds is 4. The SMILES string of the molecule is CCNC(=O)N1CCC[C@H](Nc2nc(-c3c[nH]c4ccc(Cl)cc34)ncc2F)C1. The maximum Gasteiger partial charge on any atom is 0.317 e. The highest BCUT2D eigenvalue weighted by atomic mass is 35.5. The Labute approximate surface area is 172 Å².